The molecule has 1 aromatic heterocycles. The maximum atomic E-state index is 13.9. The van der Waals surface area contributed by atoms with Crippen molar-refractivity contribution in [2.75, 3.05) is 6.54 Å². The number of H-pyrrole nitrogens is 1. The van der Waals surface area contributed by atoms with Crippen LogP contribution < -0.4 is 38.1 Å². The van der Waals surface area contributed by atoms with Crippen LogP contribution in [0.15, 0.2) is 30.5 Å². The lowest BCUT2D eigenvalue weighted by molar-refractivity contribution is -0.142. The average molecular weight is 759 g/mol. The molecule has 0 aliphatic rings. The molecule has 0 fully saturated rings. The Morgan fingerprint density at radius 1 is 0.759 bits per heavy atom. The Morgan fingerprint density at radius 3 is 1.91 bits per heavy atom. The van der Waals surface area contributed by atoms with E-state index in [-0.39, 0.29) is 25.2 Å². The van der Waals surface area contributed by atoms with E-state index in [2.05, 4.69) is 31.6 Å². The average Bonchev–Trinajstić information content (AvgIpc) is 3.52. The minimum Gasteiger partial charge on any atom is -0.480 e. The van der Waals surface area contributed by atoms with Crippen molar-refractivity contribution in [2.45, 2.75) is 129 Å². The quantitative estimate of drug-likeness (QED) is 0.0713. The molecule has 0 aliphatic carbocycles. The third-order valence-electron chi connectivity index (χ3n) is 9.50. The maximum absolute atomic E-state index is 13.9. The number of unbranched alkanes of at least 4 members (excludes halogenated alkanes) is 1. The lowest BCUT2D eigenvalue weighted by Crippen LogP contribution is -2.61. The van der Waals surface area contributed by atoms with Gasteiger partial charge in [0.1, 0.15) is 36.3 Å². The molecule has 0 spiro atoms. The fourth-order valence-corrected chi connectivity index (χ4v) is 5.94. The summed E-state index contributed by atoms with van der Waals surface area (Å²) in [5.74, 6) is -5.49. The van der Waals surface area contributed by atoms with Crippen LogP contribution in [0.4, 0.5) is 0 Å². The fourth-order valence-electron chi connectivity index (χ4n) is 5.94. The first kappa shape index (κ1) is 45.6. The molecule has 16 nitrogen and oxygen atoms in total. The van der Waals surface area contributed by atoms with Crippen LogP contribution >= 0.6 is 0 Å². The molecule has 5 amide bonds. The number of nitrogens with one attached hydrogen (secondary N) is 6. The number of nitrogens with two attached hydrogens (primary N) is 2. The summed E-state index contributed by atoms with van der Waals surface area (Å²) in [6, 6.07) is 0.424. The number of hydrogen-bond acceptors (Lipinski definition) is 9. The molecular formula is C38H62N8O8. The van der Waals surface area contributed by atoms with Gasteiger partial charge in [-0.2, -0.15) is 0 Å². The molecule has 0 bridgehead atoms. The number of carbonyl (C=O) groups is 6. The van der Waals surface area contributed by atoms with Gasteiger partial charge in [-0.05, 0) is 68.5 Å². The summed E-state index contributed by atoms with van der Waals surface area (Å²) in [7, 11) is 0. The number of aromatic amines is 1. The number of benzene rings is 1. The number of rotatable bonds is 23. The summed E-state index contributed by atoms with van der Waals surface area (Å²) in [6.45, 7) is 12.4. The van der Waals surface area contributed by atoms with Crippen molar-refractivity contribution in [1.29, 1.82) is 0 Å². The molecule has 0 radical (unpaired) electrons. The first-order valence-corrected chi connectivity index (χ1v) is 18.8. The zero-order valence-electron chi connectivity index (χ0n) is 32.6. The Kier molecular flexibility index (Phi) is 18.6. The molecule has 1 aromatic carbocycles. The molecule has 2 rings (SSSR count). The molecule has 54 heavy (non-hydrogen) atoms. The van der Waals surface area contributed by atoms with Crippen LogP contribution in [0.2, 0.25) is 0 Å². The van der Waals surface area contributed by atoms with E-state index in [9.17, 15) is 39.0 Å². The van der Waals surface area contributed by atoms with Crippen molar-refractivity contribution < 1.29 is 39.0 Å². The highest BCUT2D eigenvalue weighted by Gasteiger charge is 2.35. The summed E-state index contributed by atoms with van der Waals surface area (Å²) in [6.07, 6.45) is 2.46. The van der Waals surface area contributed by atoms with Crippen molar-refractivity contribution in [1.82, 2.24) is 31.6 Å². The van der Waals surface area contributed by atoms with Gasteiger partial charge in [-0.1, -0.05) is 66.2 Å². The van der Waals surface area contributed by atoms with Gasteiger partial charge in [0, 0.05) is 23.5 Å². The first-order chi connectivity index (χ1) is 25.4. The molecule has 0 saturated heterocycles. The molecule has 12 N–H and O–H groups in total. The van der Waals surface area contributed by atoms with Crippen LogP contribution in [0.25, 0.3) is 10.9 Å². The van der Waals surface area contributed by atoms with Crippen LogP contribution in [0.5, 0.6) is 0 Å². The summed E-state index contributed by atoms with van der Waals surface area (Å²) in [4.78, 5) is 82.9. The molecule has 2 aromatic rings. The summed E-state index contributed by atoms with van der Waals surface area (Å²) in [5, 5.41) is 34.0. The van der Waals surface area contributed by atoms with Crippen molar-refractivity contribution in [3.63, 3.8) is 0 Å². The van der Waals surface area contributed by atoms with E-state index in [1.807, 2.05) is 45.0 Å². The molecular weight excluding hydrogens is 696 g/mol. The van der Waals surface area contributed by atoms with E-state index in [0.29, 0.717) is 31.4 Å². The number of para-hydroxylation sites is 1. The van der Waals surface area contributed by atoms with Crippen molar-refractivity contribution in [2.24, 2.45) is 29.2 Å². The number of carbonyl (C=O) groups excluding carboxylic acids is 5. The van der Waals surface area contributed by atoms with E-state index < -0.39 is 89.7 Å². The zero-order chi connectivity index (χ0) is 40.7. The molecule has 0 saturated carbocycles. The number of carboxylic acids is 1. The number of aliphatic hydroxyl groups is 1. The van der Waals surface area contributed by atoms with Crippen LogP contribution in [-0.2, 0) is 35.2 Å². The minimum absolute atomic E-state index is 0.00172. The first-order valence-electron chi connectivity index (χ1n) is 18.8. The second-order valence-corrected chi connectivity index (χ2v) is 14.9. The number of aromatic nitrogens is 1. The van der Waals surface area contributed by atoms with Gasteiger partial charge in [0.15, 0.2) is 0 Å². The highest BCUT2D eigenvalue weighted by atomic mass is 16.4. The van der Waals surface area contributed by atoms with Crippen LogP contribution in [-0.4, -0.2) is 99.6 Å². The van der Waals surface area contributed by atoms with Crippen molar-refractivity contribution in [3.05, 3.63) is 36.0 Å². The van der Waals surface area contributed by atoms with Gasteiger partial charge in [0.05, 0.1) is 6.10 Å². The monoisotopic (exact) mass is 758 g/mol. The van der Waals surface area contributed by atoms with Crippen molar-refractivity contribution in [3.8, 4) is 0 Å². The number of carboxylic acid groups (broad SMARTS) is 1. The lowest BCUT2D eigenvalue weighted by atomic mass is 9.95. The Hall–Kier alpha value is -4.54. The minimum atomic E-state index is -1.29. The third kappa shape index (κ3) is 13.7. The Balaban J connectivity index is 2.27. The van der Waals surface area contributed by atoms with E-state index in [1.54, 1.807) is 27.0 Å². The molecule has 16 heteroatoms. The second-order valence-electron chi connectivity index (χ2n) is 14.9. The summed E-state index contributed by atoms with van der Waals surface area (Å²) < 4.78 is 0. The number of aliphatic carboxylic acids is 1. The van der Waals surface area contributed by atoms with Crippen LogP contribution in [0, 0.1) is 17.8 Å². The Labute approximate surface area is 317 Å². The fraction of sp³-hybridized carbons (Fsp3) is 0.632. The predicted octanol–water partition coefficient (Wildman–Crippen LogP) is 0.804. The molecule has 0 unspecified atom stereocenters. The normalized spacial score (nSPS) is 16.0. The number of aliphatic hydroxyl groups excluding tert-OH is 1. The van der Waals surface area contributed by atoms with Gasteiger partial charge in [0.2, 0.25) is 29.5 Å². The van der Waals surface area contributed by atoms with Crippen LogP contribution in [0.3, 0.4) is 0 Å². The lowest BCUT2D eigenvalue weighted by Gasteiger charge is -2.30. The highest BCUT2D eigenvalue weighted by Crippen LogP contribution is 2.20. The summed E-state index contributed by atoms with van der Waals surface area (Å²) in [5.41, 5.74) is 13.0. The van der Waals surface area contributed by atoms with Gasteiger partial charge in [-0.15, -0.1) is 0 Å². The number of amides is 5. The smallest absolute Gasteiger partial charge is 0.326 e. The predicted molar refractivity (Wildman–Crippen MR) is 206 cm³/mol. The van der Waals surface area contributed by atoms with Crippen LogP contribution in [0.1, 0.15) is 86.1 Å². The largest absolute Gasteiger partial charge is 0.480 e. The van der Waals surface area contributed by atoms with Gasteiger partial charge < -0.3 is 53.2 Å². The SMILES string of the molecule is CC[C@H](C)[C@H](NC(=O)[C@H](CCCCN)NC(=O)[C@H](CC(C)C)NC(=O)[C@H](N)[C@H](C)O)C(=O)N[C@H](C(=O)N[C@@H](Cc1c[nH]c2ccccc12)C(=O)O)C(C)C. The summed E-state index contributed by atoms with van der Waals surface area (Å²) >= 11 is 0. The van der Waals surface area contributed by atoms with Crippen molar-refractivity contribution >= 4 is 46.4 Å². The zero-order valence-corrected chi connectivity index (χ0v) is 32.6. The highest BCUT2D eigenvalue weighted by molar-refractivity contribution is 5.96. The molecule has 8 atom stereocenters. The number of fused-ring (bicyclic) bond motifs is 1. The second kappa shape index (κ2) is 22.0. The maximum Gasteiger partial charge on any atom is 0.326 e. The van der Waals surface area contributed by atoms with E-state index in [4.69, 9.17) is 11.5 Å². The topological polar surface area (TPSA) is 271 Å². The van der Waals surface area contributed by atoms with E-state index in [1.165, 1.54) is 6.92 Å². The van der Waals surface area contributed by atoms with E-state index in [0.717, 1.165) is 10.9 Å². The molecule has 302 valence electrons. The Bertz CT molecular complexity index is 1560. The standard InChI is InChI=1S/C38H62N8O8/c1-8-22(6)32(46-33(48)27(15-11-12-16-39)42-34(49)28(17-20(2)3)43-35(50)30(40)23(7)47)37(52)45-31(21(4)5)36(51)44-29(38(53)54)18-24-19-41-26-14-10-9-13-25(24)26/h9-10,13-14,19-23,27-32,41,47H,8,11-12,15-18,39-40H2,1-7H3,(H,42,49)(H,43,50)(H,44,51)(H,45,52)(H,46,48)(H,53,54)/t22-,23-,27-,28-,29-,30+,31-,32-/m0/s1. The number of hydrogen-bond donors (Lipinski definition) is 10. The van der Waals surface area contributed by atoms with Gasteiger partial charge in [0.25, 0.3) is 0 Å². The molecule has 1 heterocycles. The Morgan fingerprint density at radius 2 is 1.33 bits per heavy atom. The van der Waals surface area contributed by atoms with Gasteiger partial charge in [-0.3, -0.25) is 24.0 Å². The van der Waals surface area contributed by atoms with E-state index >= 15 is 0 Å². The van der Waals surface area contributed by atoms with Gasteiger partial charge in [-0.25, -0.2) is 4.79 Å². The third-order valence-corrected chi connectivity index (χ3v) is 9.50. The molecule has 0 aliphatic heterocycles. The van der Waals surface area contributed by atoms with Gasteiger partial charge >= 0.3 is 5.97 Å².